The van der Waals surface area contributed by atoms with Crippen LogP contribution in [0.5, 0.6) is 0 Å². The maximum atomic E-state index is 12.3. The summed E-state index contributed by atoms with van der Waals surface area (Å²) in [4.78, 5) is 16.3. The van der Waals surface area contributed by atoms with Gasteiger partial charge in [-0.2, -0.15) is 0 Å². The third kappa shape index (κ3) is 2.94. The molecule has 0 unspecified atom stereocenters. The van der Waals surface area contributed by atoms with Crippen molar-refractivity contribution in [3.05, 3.63) is 56.8 Å². The van der Waals surface area contributed by atoms with Crippen LogP contribution in [0.4, 0.5) is 5.69 Å². The fourth-order valence-electron chi connectivity index (χ4n) is 1.92. The molecule has 1 heterocycles. The van der Waals surface area contributed by atoms with E-state index in [9.17, 15) is 4.79 Å². The van der Waals surface area contributed by atoms with Gasteiger partial charge in [-0.1, -0.05) is 35.3 Å². The molecule has 1 aromatic carbocycles. The molecule has 2 aromatic rings. The Labute approximate surface area is 127 Å². The molecule has 0 atom stereocenters. The summed E-state index contributed by atoms with van der Waals surface area (Å²) >= 11 is 11.8. The van der Waals surface area contributed by atoms with Crippen LogP contribution in [0.3, 0.4) is 0 Å². The van der Waals surface area contributed by atoms with Gasteiger partial charge in [-0.05, 0) is 49.6 Å². The molecule has 0 saturated heterocycles. The molecule has 1 amide bonds. The number of nitrogens with zero attached hydrogens (tertiary/aromatic N) is 1. The Kier molecular flexibility index (Phi) is 4.31. The monoisotopic (exact) mass is 308 g/mol. The number of hydrogen-bond acceptors (Lipinski definition) is 2. The number of aryl methyl sites for hydroxylation is 2. The predicted molar refractivity (Wildman–Crippen MR) is 82.9 cm³/mol. The first-order valence-electron chi connectivity index (χ1n) is 6.10. The van der Waals surface area contributed by atoms with E-state index in [1.807, 2.05) is 32.9 Å². The minimum absolute atomic E-state index is 0.189. The highest BCUT2D eigenvalue weighted by molar-refractivity contribution is 6.35. The lowest BCUT2D eigenvalue weighted by molar-refractivity contribution is 0.102. The van der Waals surface area contributed by atoms with Crippen LogP contribution < -0.4 is 5.32 Å². The zero-order valence-electron chi connectivity index (χ0n) is 11.4. The minimum atomic E-state index is -0.208. The number of hydrogen-bond donors (Lipinski definition) is 1. The number of anilines is 1. The maximum absolute atomic E-state index is 12.3. The van der Waals surface area contributed by atoms with Gasteiger partial charge >= 0.3 is 0 Å². The number of halogens is 2. The SMILES string of the molecule is Cc1cccc(C(=O)Nc2c(C)cc(Cl)nc2Cl)c1C. The van der Waals surface area contributed by atoms with E-state index >= 15 is 0 Å². The molecule has 0 spiro atoms. The van der Waals surface area contributed by atoms with Gasteiger partial charge in [0.2, 0.25) is 0 Å². The Hall–Kier alpha value is -1.58. The summed E-state index contributed by atoms with van der Waals surface area (Å²) in [5.41, 5.74) is 3.89. The second-order valence-corrected chi connectivity index (χ2v) is 5.37. The van der Waals surface area contributed by atoms with Crippen molar-refractivity contribution in [3.63, 3.8) is 0 Å². The van der Waals surface area contributed by atoms with Crippen LogP contribution in [0.2, 0.25) is 10.3 Å². The smallest absolute Gasteiger partial charge is 0.256 e. The number of pyridine rings is 1. The Morgan fingerprint density at radius 2 is 1.85 bits per heavy atom. The third-order valence-electron chi connectivity index (χ3n) is 3.23. The van der Waals surface area contributed by atoms with Crippen molar-refractivity contribution in [2.45, 2.75) is 20.8 Å². The van der Waals surface area contributed by atoms with Crippen molar-refractivity contribution < 1.29 is 4.79 Å². The standard InChI is InChI=1S/C15H14Cl2N2O/c1-8-5-4-6-11(10(8)3)15(20)19-13-9(2)7-12(16)18-14(13)17/h4-7H,1-3H3,(H,19,20). The normalized spacial score (nSPS) is 10.4. The molecule has 20 heavy (non-hydrogen) atoms. The van der Waals surface area contributed by atoms with E-state index in [0.717, 1.165) is 16.7 Å². The van der Waals surface area contributed by atoms with Gasteiger partial charge in [0.05, 0.1) is 5.69 Å². The molecule has 1 aromatic heterocycles. The van der Waals surface area contributed by atoms with Gasteiger partial charge in [0.25, 0.3) is 5.91 Å². The van der Waals surface area contributed by atoms with E-state index in [2.05, 4.69) is 10.3 Å². The van der Waals surface area contributed by atoms with Crippen molar-refractivity contribution in [3.8, 4) is 0 Å². The summed E-state index contributed by atoms with van der Waals surface area (Å²) in [6, 6.07) is 7.26. The highest BCUT2D eigenvalue weighted by Gasteiger charge is 2.14. The van der Waals surface area contributed by atoms with Gasteiger partial charge in [0.15, 0.2) is 5.15 Å². The van der Waals surface area contributed by atoms with E-state index in [-0.39, 0.29) is 11.1 Å². The van der Waals surface area contributed by atoms with Crippen LogP contribution >= 0.6 is 23.2 Å². The highest BCUT2D eigenvalue weighted by Crippen LogP contribution is 2.27. The predicted octanol–water partition coefficient (Wildman–Crippen LogP) is 4.57. The first-order valence-corrected chi connectivity index (χ1v) is 6.86. The number of benzene rings is 1. The molecular weight excluding hydrogens is 295 g/mol. The van der Waals surface area contributed by atoms with Crippen LogP contribution in [-0.2, 0) is 0 Å². The van der Waals surface area contributed by atoms with Crippen LogP contribution in [0.25, 0.3) is 0 Å². The lowest BCUT2D eigenvalue weighted by Crippen LogP contribution is -2.15. The van der Waals surface area contributed by atoms with Gasteiger partial charge in [0, 0.05) is 5.56 Å². The second-order valence-electron chi connectivity index (χ2n) is 4.63. The molecular formula is C15H14Cl2N2O. The summed E-state index contributed by atoms with van der Waals surface area (Å²) in [7, 11) is 0. The highest BCUT2D eigenvalue weighted by atomic mass is 35.5. The fourth-order valence-corrected chi connectivity index (χ4v) is 2.50. The molecule has 5 heteroatoms. The number of aromatic nitrogens is 1. The van der Waals surface area contributed by atoms with Crippen molar-refractivity contribution in [2.75, 3.05) is 5.32 Å². The van der Waals surface area contributed by atoms with E-state index in [0.29, 0.717) is 16.4 Å². The van der Waals surface area contributed by atoms with Gasteiger partial charge in [-0.25, -0.2) is 4.98 Å². The molecule has 104 valence electrons. The van der Waals surface area contributed by atoms with Crippen LogP contribution in [0, 0.1) is 20.8 Å². The lowest BCUT2D eigenvalue weighted by atomic mass is 10.0. The maximum Gasteiger partial charge on any atom is 0.256 e. The Balaban J connectivity index is 2.36. The first kappa shape index (κ1) is 14.8. The van der Waals surface area contributed by atoms with Crippen molar-refractivity contribution >= 4 is 34.8 Å². The van der Waals surface area contributed by atoms with E-state index in [1.54, 1.807) is 12.1 Å². The number of amides is 1. The summed E-state index contributed by atoms with van der Waals surface area (Å²) in [5.74, 6) is -0.208. The summed E-state index contributed by atoms with van der Waals surface area (Å²) in [6.45, 7) is 5.70. The third-order valence-corrected chi connectivity index (χ3v) is 3.70. The topological polar surface area (TPSA) is 42.0 Å². The van der Waals surface area contributed by atoms with E-state index in [1.165, 1.54) is 0 Å². The molecule has 0 aliphatic rings. The average Bonchev–Trinajstić information content (AvgIpc) is 2.36. The quantitative estimate of drug-likeness (QED) is 0.826. The van der Waals surface area contributed by atoms with E-state index < -0.39 is 0 Å². The summed E-state index contributed by atoms with van der Waals surface area (Å²) < 4.78 is 0. The van der Waals surface area contributed by atoms with E-state index in [4.69, 9.17) is 23.2 Å². The summed E-state index contributed by atoms with van der Waals surface area (Å²) in [5, 5.41) is 3.29. The fraction of sp³-hybridized carbons (Fsp3) is 0.200. The molecule has 0 radical (unpaired) electrons. The molecule has 0 fully saturated rings. The first-order chi connectivity index (χ1) is 9.40. The zero-order valence-corrected chi connectivity index (χ0v) is 12.9. The van der Waals surface area contributed by atoms with Gasteiger partial charge in [-0.3, -0.25) is 4.79 Å². The van der Waals surface area contributed by atoms with Crippen molar-refractivity contribution in [2.24, 2.45) is 0 Å². The number of rotatable bonds is 2. The average molecular weight is 309 g/mol. The van der Waals surface area contributed by atoms with Crippen LogP contribution in [-0.4, -0.2) is 10.9 Å². The molecule has 2 rings (SSSR count). The Bertz CT molecular complexity index is 661. The Morgan fingerprint density at radius 1 is 1.15 bits per heavy atom. The van der Waals surface area contributed by atoms with Gasteiger partial charge in [-0.15, -0.1) is 0 Å². The number of nitrogens with one attached hydrogen (secondary N) is 1. The lowest BCUT2D eigenvalue weighted by Gasteiger charge is -2.12. The molecule has 0 bridgehead atoms. The Morgan fingerprint density at radius 3 is 2.50 bits per heavy atom. The van der Waals surface area contributed by atoms with Gasteiger partial charge in [0.1, 0.15) is 5.15 Å². The number of carbonyl (C=O) groups excluding carboxylic acids is 1. The van der Waals surface area contributed by atoms with Crippen molar-refractivity contribution in [1.82, 2.24) is 4.98 Å². The number of carbonyl (C=O) groups is 1. The van der Waals surface area contributed by atoms with Crippen molar-refractivity contribution in [1.29, 1.82) is 0 Å². The largest absolute Gasteiger partial charge is 0.319 e. The molecule has 0 saturated carbocycles. The second kappa shape index (κ2) is 5.81. The zero-order chi connectivity index (χ0) is 14.9. The molecule has 1 N–H and O–H groups in total. The van der Waals surface area contributed by atoms with Gasteiger partial charge < -0.3 is 5.32 Å². The van der Waals surface area contributed by atoms with Crippen LogP contribution in [0.15, 0.2) is 24.3 Å². The molecule has 3 nitrogen and oxygen atoms in total. The molecule has 0 aliphatic carbocycles. The summed E-state index contributed by atoms with van der Waals surface area (Å²) in [6.07, 6.45) is 0. The van der Waals surface area contributed by atoms with Crippen LogP contribution in [0.1, 0.15) is 27.0 Å². The minimum Gasteiger partial charge on any atom is -0.319 e. The molecule has 0 aliphatic heterocycles.